The molecule has 1 amide bonds. The van der Waals surface area contributed by atoms with Crippen molar-refractivity contribution >= 4 is 15.7 Å². The number of aromatic nitrogens is 1. The smallest absolute Gasteiger partial charge is 0.238 e. The average Bonchev–Trinajstić information content (AvgIpc) is 2.91. The number of carbonyl (C=O) groups excluding carboxylic acids is 1. The molecule has 2 heterocycles. The molecule has 1 aromatic heterocycles. The van der Waals surface area contributed by atoms with Gasteiger partial charge in [-0.05, 0) is 23.3 Å². The SMILES string of the molecule is O=C(CS(=O)(=O)c1ccc(F)cn1)N1Cc2ccccc2C1. The Morgan fingerprint density at radius 3 is 2.32 bits per heavy atom. The molecule has 5 nitrogen and oxygen atoms in total. The zero-order valence-corrected chi connectivity index (χ0v) is 12.4. The number of carbonyl (C=O) groups is 1. The highest BCUT2D eigenvalue weighted by Gasteiger charge is 2.28. The van der Waals surface area contributed by atoms with Crippen LogP contribution in [0.1, 0.15) is 11.1 Å². The Balaban J connectivity index is 1.74. The fourth-order valence-corrected chi connectivity index (χ4v) is 3.53. The minimum Gasteiger partial charge on any atom is -0.333 e. The number of rotatable bonds is 3. The highest BCUT2D eigenvalue weighted by Crippen LogP contribution is 2.22. The van der Waals surface area contributed by atoms with Crippen molar-refractivity contribution in [3.8, 4) is 0 Å². The fourth-order valence-electron chi connectivity index (χ4n) is 2.38. The Labute approximate surface area is 127 Å². The minimum absolute atomic E-state index is 0.293. The van der Waals surface area contributed by atoms with Gasteiger partial charge in [0, 0.05) is 13.1 Å². The van der Waals surface area contributed by atoms with Gasteiger partial charge in [-0.2, -0.15) is 0 Å². The summed E-state index contributed by atoms with van der Waals surface area (Å²) in [6.07, 6.45) is 0.822. The van der Waals surface area contributed by atoms with Gasteiger partial charge in [0.05, 0.1) is 6.20 Å². The molecule has 0 spiro atoms. The molecule has 0 saturated heterocycles. The van der Waals surface area contributed by atoms with Crippen LogP contribution in [0.15, 0.2) is 47.6 Å². The summed E-state index contributed by atoms with van der Waals surface area (Å²) in [7, 11) is -3.87. The Bertz CT molecular complexity index is 794. The van der Waals surface area contributed by atoms with Crippen molar-refractivity contribution in [3.05, 3.63) is 59.5 Å². The van der Waals surface area contributed by atoms with E-state index in [1.165, 1.54) is 4.90 Å². The lowest BCUT2D eigenvalue weighted by Gasteiger charge is -2.15. The summed E-state index contributed by atoms with van der Waals surface area (Å²) >= 11 is 0. The van der Waals surface area contributed by atoms with E-state index in [0.29, 0.717) is 13.1 Å². The molecule has 7 heteroatoms. The van der Waals surface area contributed by atoms with E-state index >= 15 is 0 Å². The molecule has 114 valence electrons. The minimum atomic E-state index is -3.87. The van der Waals surface area contributed by atoms with Crippen LogP contribution in [-0.2, 0) is 27.7 Å². The molecule has 0 saturated carbocycles. The van der Waals surface area contributed by atoms with Gasteiger partial charge in [-0.3, -0.25) is 4.79 Å². The second-order valence-corrected chi connectivity index (χ2v) is 7.03. The van der Waals surface area contributed by atoms with Gasteiger partial charge >= 0.3 is 0 Å². The van der Waals surface area contributed by atoms with E-state index in [2.05, 4.69) is 4.98 Å². The number of benzene rings is 1. The van der Waals surface area contributed by atoms with Crippen LogP contribution in [0.3, 0.4) is 0 Å². The summed E-state index contributed by atoms with van der Waals surface area (Å²) in [4.78, 5) is 17.2. The van der Waals surface area contributed by atoms with Gasteiger partial charge in [0.1, 0.15) is 11.6 Å². The Hall–Kier alpha value is -2.28. The molecule has 0 aliphatic carbocycles. The second kappa shape index (κ2) is 5.49. The zero-order chi connectivity index (χ0) is 15.7. The fraction of sp³-hybridized carbons (Fsp3) is 0.200. The Morgan fingerprint density at radius 1 is 1.14 bits per heavy atom. The first-order valence-corrected chi connectivity index (χ1v) is 8.30. The third-order valence-corrected chi connectivity index (χ3v) is 5.03. The number of hydrogen-bond donors (Lipinski definition) is 0. The van der Waals surface area contributed by atoms with Gasteiger partial charge in [0.2, 0.25) is 15.7 Å². The molecule has 1 aliphatic heterocycles. The zero-order valence-electron chi connectivity index (χ0n) is 11.6. The lowest BCUT2D eigenvalue weighted by atomic mass is 10.1. The van der Waals surface area contributed by atoms with E-state index in [0.717, 1.165) is 29.5 Å². The van der Waals surface area contributed by atoms with Crippen molar-refractivity contribution in [1.82, 2.24) is 9.88 Å². The standard InChI is InChI=1S/C15H13FN2O3S/c16-13-5-6-14(17-7-13)22(20,21)10-15(19)18-8-11-3-1-2-4-12(11)9-18/h1-7H,8-10H2. The molecule has 0 fully saturated rings. The molecule has 0 unspecified atom stereocenters. The predicted octanol–water partition coefficient (Wildman–Crippen LogP) is 1.54. The Morgan fingerprint density at radius 2 is 1.77 bits per heavy atom. The van der Waals surface area contributed by atoms with Crippen molar-refractivity contribution in [3.63, 3.8) is 0 Å². The third-order valence-electron chi connectivity index (χ3n) is 3.53. The normalized spacial score (nSPS) is 14.0. The monoisotopic (exact) mass is 320 g/mol. The van der Waals surface area contributed by atoms with Gasteiger partial charge in [-0.15, -0.1) is 0 Å². The maximum Gasteiger partial charge on any atom is 0.238 e. The molecule has 1 aliphatic rings. The maximum absolute atomic E-state index is 12.8. The van der Waals surface area contributed by atoms with Crippen LogP contribution in [0.25, 0.3) is 0 Å². The van der Waals surface area contributed by atoms with Crippen LogP contribution in [-0.4, -0.2) is 30.0 Å². The van der Waals surface area contributed by atoms with Gasteiger partial charge in [-0.25, -0.2) is 17.8 Å². The molecule has 0 N–H and O–H groups in total. The van der Waals surface area contributed by atoms with Crippen LogP contribution in [0.5, 0.6) is 0 Å². The van der Waals surface area contributed by atoms with Crippen LogP contribution >= 0.6 is 0 Å². The van der Waals surface area contributed by atoms with Crippen molar-refractivity contribution in [2.75, 3.05) is 5.75 Å². The van der Waals surface area contributed by atoms with Crippen LogP contribution in [0.2, 0.25) is 0 Å². The predicted molar refractivity (Wildman–Crippen MR) is 76.9 cm³/mol. The average molecular weight is 320 g/mol. The van der Waals surface area contributed by atoms with E-state index in [1.807, 2.05) is 24.3 Å². The number of halogens is 1. The summed E-state index contributed by atoms with van der Waals surface area (Å²) in [5.74, 6) is -1.78. The summed E-state index contributed by atoms with van der Waals surface area (Å²) in [5, 5.41) is -0.293. The number of sulfone groups is 1. The van der Waals surface area contributed by atoms with Gasteiger partial charge in [0.15, 0.2) is 5.03 Å². The summed E-state index contributed by atoms with van der Waals surface area (Å²) in [6, 6.07) is 9.67. The molecule has 0 bridgehead atoms. The molecule has 22 heavy (non-hydrogen) atoms. The van der Waals surface area contributed by atoms with Crippen LogP contribution < -0.4 is 0 Å². The summed E-state index contributed by atoms with van der Waals surface area (Å²) in [6.45, 7) is 0.808. The van der Waals surface area contributed by atoms with Crippen molar-refractivity contribution in [2.24, 2.45) is 0 Å². The Kier molecular flexibility index (Phi) is 3.66. The molecule has 0 radical (unpaired) electrons. The number of hydrogen-bond acceptors (Lipinski definition) is 4. The van der Waals surface area contributed by atoms with Crippen molar-refractivity contribution < 1.29 is 17.6 Å². The third kappa shape index (κ3) is 2.85. The lowest BCUT2D eigenvalue weighted by Crippen LogP contribution is -2.31. The quantitative estimate of drug-likeness (QED) is 0.860. The highest BCUT2D eigenvalue weighted by atomic mass is 32.2. The highest BCUT2D eigenvalue weighted by molar-refractivity contribution is 7.92. The maximum atomic E-state index is 12.8. The summed E-state index contributed by atoms with van der Waals surface area (Å²) < 4.78 is 37.1. The number of amides is 1. The summed E-state index contributed by atoms with van der Waals surface area (Å²) in [5.41, 5.74) is 2.04. The lowest BCUT2D eigenvalue weighted by molar-refractivity contribution is -0.129. The van der Waals surface area contributed by atoms with Crippen LogP contribution in [0.4, 0.5) is 4.39 Å². The number of nitrogens with zero attached hydrogens (tertiary/aromatic N) is 2. The first-order chi connectivity index (χ1) is 10.5. The van der Waals surface area contributed by atoms with Crippen molar-refractivity contribution in [1.29, 1.82) is 0 Å². The molecule has 3 rings (SSSR count). The molecule has 2 aromatic rings. The van der Waals surface area contributed by atoms with Crippen LogP contribution in [0, 0.1) is 5.82 Å². The van der Waals surface area contributed by atoms with Gasteiger partial charge in [-0.1, -0.05) is 24.3 Å². The number of fused-ring (bicyclic) bond motifs is 1. The number of pyridine rings is 1. The molecule has 0 atom stereocenters. The van der Waals surface area contributed by atoms with E-state index in [-0.39, 0.29) is 5.03 Å². The van der Waals surface area contributed by atoms with E-state index in [9.17, 15) is 17.6 Å². The molecular formula is C15H13FN2O3S. The van der Waals surface area contributed by atoms with E-state index in [4.69, 9.17) is 0 Å². The molecule has 1 aromatic carbocycles. The molecular weight excluding hydrogens is 307 g/mol. The first kappa shape index (κ1) is 14.6. The van der Waals surface area contributed by atoms with E-state index in [1.54, 1.807) is 0 Å². The van der Waals surface area contributed by atoms with E-state index < -0.39 is 27.3 Å². The van der Waals surface area contributed by atoms with Crippen molar-refractivity contribution in [2.45, 2.75) is 18.1 Å². The van der Waals surface area contributed by atoms with Gasteiger partial charge < -0.3 is 4.90 Å². The first-order valence-electron chi connectivity index (χ1n) is 6.64. The second-order valence-electron chi connectivity index (χ2n) is 5.09. The largest absolute Gasteiger partial charge is 0.333 e. The van der Waals surface area contributed by atoms with Gasteiger partial charge in [0.25, 0.3) is 0 Å². The topological polar surface area (TPSA) is 67.3 Å².